The van der Waals surface area contributed by atoms with E-state index in [2.05, 4.69) is 20.8 Å². The molecular formula is C16H24O. The van der Waals surface area contributed by atoms with Crippen molar-refractivity contribution >= 4 is 5.78 Å². The summed E-state index contributed by atoms with van der Waals surface area (Å²) in [6.07, 6.45) is 2.00. The number of carbonyl (C=O) groups excluding carboxylic acids is 1. The first kappa shape index (κ1) is 14.0. The Hall–Kier alpha value is -1.11. The Morgan fingerprint density at radius 3 is 1.94 bits per heavy atom. The van der Waals surface area contributed by atoms with E-state index in [4.69, 9.17) is 0 Å². The summed E-state index contributed by atoms with van der Waals surface area (Å²) in [5, 5.41) is 0. The molecule has 1 rings (SSSR count). The molecule has 1 heteroatoms. The first-order valence-corrected chi connectivity index (χ1v) is 6.32. The molecule has 94 valence electrons. The minimum absolute atomic E-state index is 0.252. The van der Waals surface area contributed by atoms with Gasteiger partial charge in [-0.05, 0) is 18.3 Å². The largest absolute Gasteiger partial charge is 0.294 e. The lowest BCUT2D eigenvalue weighted by Crippen LogP contribution is -2.26. The van der Waals surface area contributed by atoms with E-state index >= 15 is 0 Å². The molecule has 17 heavy (non-hydrogen) atoms. The molecule has 0 aliphatic rings. The summed E-state index contributed by atoms with van der Waals surface area (Å²) in [5.74, 6) is 0.252. The Balaban J connectivity index is 2.74. The Bertz CT molecular complexity index is 368. The maximum atomic E-state index is 12.4. The minimum atomic E-state index is -0.269. The van der Waals surface area contributed by atoms with Crippen molar-refractivity contribution in [1.82, 2.24) is 0 Å². The van der Waals surface area contributed by atoms with Crippen molar-refractivity contribution in [3.05, 3.63) is 35.9 Å². The van der Waals surface area contributed by atoms with E-state index in [0.29, 0.717) is 0 Å². The molecule has 0 spiro atoms. The van der Waals surface area contributed by atoms with Crippen LogP contribution in [0.15, 0.2) is 30.3 Å². The molecule has 0 heterocycles. The van der Waals surface area contributed by atoms with Gasteiger partial charge in [-0.3, -0.25) is 4.79 Å². The summed E-state index contributed by atoms with van der Waals surface area (Å²) < 4.78 is 0. The maximum absolute atomic E-state index is 12.4. The molecular weight excluding hydrogens is 208 g/mol. The van der Waals surface area contributed by atoms with Crippen LogP contribution in [0.1, 0.15) is 57.8 Å². The molecule has 1 nitrogen and oxygen atoms in total. The number of ketones is 1. The summed E-state index contributed by atoms with van der Waals surface area (Å²) in [5.41, 5.74) is 0.842. The van der Waals surface area contributed by atoms with Crippen LogP contribution in [0.2, 0.25) is 0 Å². The molecule has 0 fully saturated rings. The monoisotopic (exact) mass is 232 g/mol. The SMILES string of the molecule is CC(C)(C)CCC(C)(C)C(=O)c1ccccc1. The molecule has 0 N–H and O–H groups in total. The second kappa shape index (κ2) is 5.03. The number of hydrogen-bond donors (Lipinski definition) is 0. The van der Waals surface area contributed by atoms with Gasteiger partial charge in [0.25, 0.3) is 0 Å². The highest BCUT2D eigenvalue weighted by atomic mass is 16.1. The topological polar surface area (TPSA) is 17.1 Å². The molecule has 0 radical (unpaired) electrons. The van der Waals surface area contributed by atoms with Gasteiger partial charge in [0.15, 0.2) is 5.78 Å². The van der Waals surface area contributed by atoms with Gasteiger partial charge in [0.2, 0.25) is 0 Å². The normalized spacial score (nSPS) is 12.5. The zero-order chi connectivity index (χ0) is 13.1. The Kier molecular flexibility index (Phi) is 4.13. The standard InChI is InChI=1S/C16H24O/c1-15(2,3)11-12-16(4,5)14(17)13-9-7-6-8-10-13/h6-10H,11-12H2,1-5H3. The van der Waals surface area contributed by atoms with Gasteiger partial charge in [0, 0.05) is 11.0 Å². The van der Waals surface area contributed by atoms with Gasteiger partial charge < -0.3 is 0 Å². The van der Waals surface area contributed by atoms with Crippen molar-refractivity contribution in [2.75, 3.05) is 0 Å². The fourth-order valence-electron chi connectivity index (χ4n) is 1.78. The third kappa shape index (κ3) is 4.33. The molecule has 0 aliphatic carbocycles. The number of carbonyl (C=O) groups is 1. The van der Waals surface area contributed by atoms with Crippen LogP contribution in [0, 0.1) is 10.8 Å². The third-order valence-corrected chi connectivity index (χ3v) is 3.15. The average molecular weight is 232 g/mol. The first-order chi connectivity index (χ1) is 7.72. The van der Waals surface area contributed by atoms with Crippen LogP contribution >= 0.6 is 0 Å². The Morgan fingerprint density at radius 1 is 0.941 bits per heavy atom. The van der Waals surface area contributed by atoms with E-state index in [0.717, 1.165) is 18.4 Å². The van der Waals surface area contributed by atoms with Gasteiger partial charge in [0.05, 0.1) is 0 Å². The lowest BCUT2D eigenvalue weighted by atomic mass is 9.76. The van der Waals surface area contributed by atoms with Crippen molar-refractivity contribution in [1.29, 1.82) is 0 Å². The highest BCUT2D eigenvalue weighted by molar-refractivity contribution is 5.99. The number of rotatable bonds is 4. The quantitative estimate of drug-likeness (QED) is 0.686. The van der Waals surface area contributed by atoms with Gasteiger partial charge in [-0.1, -0.05) is 65.0 Å². The molecule has 0 saturated carbocycles. The highest BCUT2D eigenvalue weighted by Crippen LogP contribution is 2.32. The summed E-state index contributed by atoms with van der Waals surface area (Å²) in [7, 11) is 0. The van der Waals surface area contributed by atoms with Crippen LogP contribution in [0.25, 0.3) is 0 Å². The van der Waals surface area contributed by atoms with Crippen molar-refractivity contribution in [2.24, 2.45) is 10.8 Å². The van der Waals surface area contributed by atoms with E-state index in [9.17, 15) is 4.79 Å². The van der Waals surface area contributed by atoms with E-state index in [1.807, 2.05) is 44.2 Å². The molecule has 1 aromatic rings. The van der Waals surface area contributed by atoms with Gasteiger partial charge in [-0.25, -0.2) is 0 Å². The highest BCUT2D eigenvalue weighted by Gasteiger charge is 2.29. The number of benzene rings is 1. The van der Waals surface area contributed by atoms with Gasteiger partial charge in [-0.2, -0.15) is 0 Å². The fraction of sp³-hybridized carbons (Fsp3) is 0.562. The van der Waals surface area contributed by atoms with Crippen molar-refractivity contribution in [3.8, 4) is 0 Å². The smallest absolute Gasteiger partial charge is 0.168 e. The van der Waals surface area contributed by atoms with Crippen molar-refractivity contribution < 1.29 is 4.79 Å². The van der Waals surface area contributed by atoms with Crippen LogP contribution in [-0.2, 0) is 0 Å². The molecule has 0 atom stereocenters. The van der Waals surface area contributed by atoms with Crippen molar-refractivity contribution in [3.63, 3.8) is 0 Å². The summed E-state index contributed by atoms with van der Waals surface area (Å²) in [6.45, 7) is 10.8. The lowest BCUT2D eigenvalue weighted by Gasteiger charge is -2.27. The molecule has 1 aromatic carbocycles. The van der Waals surface area contributed by atoms with E-state index < -0.39 is 0 Å². The Labute approximate surface area is 105 Å². The van der Waals surface area contributed by atoms with Crippen LogP contribution in [0.5, 0.6) is 0 Å². The number of Topliss-reactive ketones (excluding diaryl/α,β-unsaturated/α-hetero) is 1. The van der Waals surface area contributed by atoms with Crippen LogP contribution in [0.3, 0.4) is 0 Å². The van der Waals surface area contributed by atoms with E-state index in [1.165, 1.54) is 0 Å². The molecule has 0 aliphatic heterocycles. The predicted molar refractivity (Wildman–Crippen MR) is 73.2 cm³/mol. The zero-order valence-electron chi connectivity index (χ0n) is 11.7. The van der Waals surface area contributed by atoms with Gasteiger partial charge >= 0.3 is 0 Å². The molecule has 0 saturated heterocycles. The predicted octanol–water partition coefficient (Wildman–Crippen LogP) is 4.72. The van der Waals surface area contributed by atoms with Gasteiger partial charge in [0.1, 0.15) is 0 Å². The molecule has 0 aromatic heterocycles. The minimum Gasteiger partial charge on any atom is -0.294 e. The van der Waals surface area contributed by atoms with Crippen molar-refractivity contribution in [2.45, 2.75) is 47.5 Å². The van der Waals surface area contributed by atoms with Crippen LogP contribution in [0.4, 0.5) is 0 Å². The molecule has 0 unspecified atom stereocenters. The summed E-state index contributed by atoms with van der Waals surface area (Å²) >= 11 is 0. The zero-order valence-corrected chi connectivity index (χ0v) is 11.7. The van der Waals surface area contributed by atoms with Crippen LogP contribution < -0.4 is 0 Å². The van der Waals surface area contributed by atoms with Gasteiger partial charge in [-0.15, -0.1) is 0 Å². The summed E-state index contributed by atoms with van der Waals surface area (Å²) in [4.78, 5) is 12.4. The summed E-state index contributed by atoms with van der Waals surface area (Å²) in [6, 6.07) is 9.60. The van der Waals surface area contributed by atoms with E-state index in [1.54, 1.807) is 0 Å². The Morgan fingerprint density at radius 2 is 1.47 bits per heavy atom. The van der Waals surface area contributed by atoms with Crippen LogP contribution in [-0.4, -0.2) is 5.78 Å². The second-order valence-corrected chi connectivity index (χ2v) is 6.64. The van der Waals surface area contributed by atoms with E-state index in [-0.39, 0.29) is 16.6 Å². The molecule has 0 amide bonds. The maximum Gasteiger partial charge on any atom is 0.168 e. The third-order valence-electron chi connectivity index (χ3n) is 3.15. The lowest BCUT2D eigenvalue weighted by molar-refractivity contribution is 0.0809. The fourth-order valence-corrected chi connectivity index (χ4v) is 1.78. The molecule has 0 bridgehead atoms. The second-order valence-electron chi connectivity index (χ2n) is 6.64. The average Bonchev–Trinajstić information content (AvgIpc) is 2.26. The first-order valence-electron chi connectivity index (χ1n) is 6.32. The number of hydrogen-bond acceptors (Lipinski definition) is 1.